The van der Waals surface area contributed by atoms with Gasteiger partial charge in [0, 0.05) is 30.9 Å². The number of nitrogens with zero attached hydrogens (tertiary/aromatic N) is 2. The van der Waals surface area contributed by atoms with Crippen molar-refractivity contribution in [1.82, 2.24) is 20.4 Å². The molecule has 2 aromatic rings. The third kappa shape index (κ3) is 5.46. The molecule has 0 bridgehead atoms. The van der Waals surface area contributed by atoms with Gasteiger partial charge >= 0.3 is 0 Å². The van der Waals surface area contributed by atoms with Gasteiger partial charge in [0.2, 0.25) is 0 Å². The van der Waals surface area contributed by atoms with E-state index in [1.165, 1.54) is 12.8 Å². The van der Waals surface area contributed by atoms with Crippen molar-refractivity contribution >= 4 is 18.3 Å². The lowest BCUT2D eigenvalue weighted by Gasteiger charge is -2.22. The Kier molecular flexibility index (Phi) is 7.99. The highest BCUT2D eigenvalue weighted by molar-refractivity contribution is 5.92. The van der Waals surface area contributed by atoms with Gasteiger partial charge in [0.05, 0.1) is 19.3 Å². The van der Waals surface area contributed by atoms with Crippen LogP contribution in [-0.2, 0) is 6.54 Å². The van der Waals surface area contributed by atoms with Crippen LogP contribution in [0.4, 0.5) is 0 Å². The lowest BCUT2D eigenvalue weighted by molar-refractivity contribution is 0.0944. The van der Waals surface area contributed by atoms with Crippen LogP contribution in [-0.4, -0.2) is 42.0 Å². The average Bonchev–Trinajstić information content (AvgIpc) is 3.45. The van der Waals surface area contributed by atoms with Crippen LogP contribution in [0.15, 0.2) is 30.5 Å². The first-order valence-electron chi connectivity index (χ1n) is 10.6. The number of aromatic nitrogens is 2. The molecule has 1 unspecified atom stereocenters. The maximum atomic E-state index is 12.6. The van der Waals surface area contributed by atoms with Crippen molar-refractivity contribution in [2.45, 2.75) is 57.2 Å². The maximum absolute atomic E-state index is 12.6. The summed E-state index contributed by atoms with van der Waals surface area (Å²) in [7, 11) is 1.65. The highest BCUT2D eigenvalue weighted by Gasteiger charge is 2.20. The summed E-state index contributed by atoms with van der Waals surface area (Å²) in [6.07, 6.45) is 8.94. The number of ether oxygens (including phenoxy) is 2. The van der Waals surface area contributed by atoms with Gasteiger partial charge in [-0.15, -0.1) is 12.4 Å². The number of hydrogen-bond donors (Lipinski definition) is 2. The molecular weight excluding hydrogens is 404 g/mol. The van der Waals surface area contributed by atoms with Crippen LogP contribution in [0.3, 0.4) is 0 Å². The lowest BCUT2D eigenvalue weighted by atomic mass is 10.1. The number of hydrogen-bond acceptors (Lipinski definition) is 5. The Morgan fingerprint density at radius 1 is 1.23 bits per heavy atom. The van der Waals surface area contributed by atoms with E-state index in [-0.39, 0.29) is 24.4 Å². The average molecular weight is 435 g/mol. The summed E-state index contributed by atoms with van der Waals surface area (Å²) < 4.78 is 13.5. The predicted octanol–water partition coefficient (Wildman–Crippen LogP) is 3.49. The second-order valence-electron chi connectivity index (χ2n) is 7.86. The quantitative estimate of drug-likeness (QED) is 0.697. The molecule has 1 saturated heterocycles. The summed E-state index contributed by atoms with van der Waals surface area (Å²) in [5.74, 6) is 1.37. The SMILES string of the molecule is COc1ccc(CNC(=O)c2ccn(C3CCCNC3)n2)c(OC2CCCC2)c1.Cl. The minimum absolute atomic E-state index is 0. The Balaban J connectivity index is 0.00000256. The molecule has 8 heteroatoms. The topological polar surface area (TPSA) is 77.4 Å². The van der Waals surface area contributed by atoms with Crippen LogP contribution in [0.25, 0.3) is 0 Å². The summed E-state index contributed by atoms with van der Waals surface area (Å²) in [5, 5.41) is 10.9. The number of amides is 1. The molecule has 4 rings (SSSR count). The Bertz CT molecular complexity index is 830. The molecule has 2 heterocycles. The molecule has 2 fully saturated rings. The van der Waals surface area contributed by atoms with Gasteiger partial charge in [-0.3, -0.25) is 9.48 Å². The monoisotopic (exact) mass is 434 g/mol. The van der Waals surface area contributed by atoms with Gasteiger partial charge < -0.3 is 20.1 Å². The molecule has 164 valence electrons. The minimum atomic E-state index is -0.171. The van der Waals surface area contributed by atoms with Crippen molar-refractivity contribution in [3.63, 3.8) is 0 Å². The summed E-state index contributed by atoms with van der Waals surface area (Å²) in [4.78, 5) is 12.6. The van der Waals surface area contributed by atoms with Crippen LogP contribution in [0.2, 0.25) is 0 Å². The largest absolute Gasteiger partial charge is 0.497 e. The molecule has 1 aliphatic carbocycles. The number of carbonyl (C=O) groups excluding carboxylic acids is 1. The highest BCUT2D eigenvalue weighted by Crippen LogP contribution is 2.30. The second-order valence-corrected chi connectivity index (χ2v) is 7.86. The van der Waals surface area contributed by atoms with E-state index in [0.29, 0.717) is 18.3 Å². The van der Waals surface area contributed by atoms with Crippen LogP contribution < -0.4 is 20.1 Å². The fourth-order valence-corrected chi connectivity index (χ4v) is 4.09. The molecule has 30 heavy (non-hydrogen) atoms. The zero-order valence-electron chi connectivity index (χ0n) is 17.4. The van der Waals surface area contributed by atoms with E-state index in [1.54, 1.807) is 13.2 Å². The first kappa shape index (κ1) is 22.4. The molecule has 1 aromatic carbocycles. The molecule has 2 aliphatic rings. The molecule has 1 atom stereocenters. The molecule has 2 N–H and O–H groups in total. The Labute approximate surface area is 183 Å². The van der Waals surface area contributed by atoms with E-state index in [4.69, 9.17) is 9.47 Å². The number of rotatable bonds is 7. The second kappa shape index (κ2) is 10.7. The molecular formula is C22H31ClN4O3. The summed E-state index contributed by atoms with van der Waals surface area (Å²) in [6.45, 7) is 2.34. The zero-order chi connectivity index (χ0) is 20.1. The van der Waals surface area contributed by atoms with Gasteiger partial charge in [0.1, 0.15) is 17.2 Å². The van der Waals surface area contributed by atoms with Gasteiger partial charge in [-0.1, -0.05) is 0 Å². The van der Waals surface area contributed by atoms with Crippen molar-refractivity contribution in [2.24, 2.45) is 0 Å². The Morgan fingerprint density at radius 2 is 2.07 bits per heavy atom. The van der Waals surface area contributed by atoms with Crippen LogP contribution in [0, 0.1) is 0 Å². The number of methoxy groups -OCH3 is 1. The summed E-state index contributed by atoms with van der Waals surface area (Å²) in [6, 6.07) is 7.86. The van der Waals surface area contributed by atoms with E-state index in [1.807, 2.05) is 29.1 Å². The number of nitrogens with one attached hydrogen (secondary N) is 2. The van der Waals surface area contributed by atoms with Crippen molar-refractivity contribution in [3.8, 4) is 11.5 Å². The van der Waals surface area contributed by atoms with Crippen molar-refractivity contribution in [1.29, 1.82) is 0 Å². The molecule has 0 radical (unpaired) electrons. The molecule has 1 aromatic heterocycles. The Hall–Kier alpha value is -2.25. The zero-order valence-corrected chi connectivity index (χ0v) is 18.2. The molecule has 7 nitrogen and oxygen atoms in total. The van der Waals surface area contributed by atoms with E-state index < -0.39 is 0 Å². The third-order valence-corrected chi connectivity index (χ3v) is 5.80. The summed E-state index contributed by atoms with van der Waals surface area (Å²) >= 11 is 0. The highest BCUT2D eigenvalue weighted by atomic mass is 35.5. The molecule has 1 aliphatic heterocycles. The van der Waals surface area contributed by atoms with Crippen LogP contribution in [0.5, 0.6) is 11.5 Å². The maximum Gasteiger partial charge on any atom is 0.272 e. The standard InChI is InChI=1S/C22H30N4O3.ClH/c1-28-19-9-8-16(21(13-19)29-18-6-2-3-7-18)14-24-22(27)20-10-12-26(25-20)17-5-4-11-23-15-17;/h8-10,12-13,17-18,23H,2-7,11,14-15H2,1H3,(H,24,27);1H. The first-order valence-corrected chi connectivity index (χ1v) is 10.6. The number of piperidine rings is 1. The molecule has 1 saturated carbocycles. The van der Waals surface area contributed by atoms with Crippen LogP contribution >= 0.6 is 12.4 Å². The van der Waals surface area contributed by atoms with E-state index in [9.17, 15) is 4.79 Å². The van der Waals surface area contributed by atoms with Gasteiger partial charge in [0.15, 0.2) is 0 Å². The van der Waals surface area contributed by atoms with Gasteiger partial charge in [-0.05, 0) is 63.3 Å². The van der Waals surface area contributed by atoms with Crippen molar-refractivity contribution in [3.05, 3.63) is 41.7 Å². The van der Waals surface area contributed by atoms with E-state index in [2.05, 4.69) is 15.7 Å². The number of halogens is 1. The first-order chi connectivity index (χ1) is 14.2. The third-order valence-electron chi connectivity index (χ3n) is 5.80. The molecule has 0 spiro atoms. The fourth-order valence-electron chi connectivity index (χ4n) is 4.09. The number of carbonyl (C=O) groups is 1. The van der Waals surface area contributed by atoms with E-state index >= 15 is 0 Å². The van der Waals surface area contributed by atoms with Gasteiger partial charge in [0.25, 0.3) is 5.91 Å². The number of benzene rings is 1. The Morgan fingerprint density at radius 3 is 2.80 bits per heavy atom. The minimum Gasteiger partial charge on any atom is -0.497 e. The smallest absolute Gasteiger partial charge is 0.272 e. The van der Waals surface area contributed by atoms with Crippen LogP contribution in [0.1, 0.15) is 60.6 Å². The summed E-state index contributed by atoms with van der Waals surface area (Å²) in [5.41, 5.74) is 1.39. The molecule has 1 amide bonds. The van der Waals surface area contributed by atoms with Crippen molar-refractivity contribution in [2.75, 3.05) is 20.2 Å². The predicted molar refractivity (Wildman–Crippen MR) is 118 cm³/mol. The lowest BCUT2D eigenvalue weighted by Crippen LogP contribution is -2.32. The van der Waals surface area contributed by atoms with Crippen molar-refractivity contribution < 1.29 is 14.3 Å². The van der Waals surface area contributed by atoms with E-state index in [0.717, 1.165) is 55.8 Å². The van der Waals surface area contributed by atoms with Gasteiger partial charge in [-0.25, -0.2) is 0 Å². The fraction of sp³-hybridized carbons (Fsp3) is 0.545. The van der Waals surface area contributed by atoms with Gasteiger partial charge in [-0.2, -0.15) is 5.10 Å². The normalized spacial score (nSPS) is 19.2.